The summed E-state index contributed by atoms with van der Waals surface area (Å²) in [5.74, 6) is 0.629. The van der Waals surface area contributed by atoms with E-state index in [0.717, 1.165) is 40.7 Å². The van der Waals surface area contributed by atoms with Crippen LogP contribution in [0.1, 0.15) is 70.4 Å². The molecular weight excluding hydrogens is 482 g/mol. The van der Waals surface area contributed by atoms with Crippen molar-refractivity contribution in [2.75, 3.05) is 12.0 Å². The van der Waals surface area contributed by atoms with Crippen LogP contribution in [0.4, 0.5) is 5.69 Å². The molecule has 0 N–H and O–H groups in total. The molecule has 6 heteroatoms. The van der Waals surface area contributed by atoms with E-state index in [4.69, 9.17) is 4.74 Å². The summed E-state index contributed by atoms with van der Waals surface area (Å²) in [4.78, 5) is 38.0. The molecule has 0 saturated carbocycles. The Morgan fingerprint density at radius 3 is 2.27 bits per heavy atom. The zero-order valence-corrected chi connectivity index (χ0v) is 21.8. The second-order valence-electron chi connectivity index (χ2n) is 8.29. The fourth-order valence-corrected chi connectivity index (χ4v) is 4.72. The molecule has 1 amide bonds. The van der Waals surface area contributed by atoms with Crippen molar-refractivity contribution in [3.8, 4) is 5.75 Å². The first-order chi connectivity index (χ1) is 15.7. The molecule has 2 unspecified atom stereocenters. The summed E-state index contributed by atoms with van der Waals surface area (Å²) in [7, 11) is 1.68. The third kappa shape index (κ3) is 6.76. The fraction of sp³-hybridized carbons (Fsp3) is 0.444. The van der Waals surface area contributed by atoms with Crippen LogP contribution in [-0.4, -0.2) is 30.6 Å². The Hall–Kier alpha value is -2.47. The molecule has 2 atom stereocenters. The highest BCUT2D eigenvalue weighted by atomic mass is 79.9. The number of hydrogen-bond acceptors (Lipinski definition) is 4. The average molecular weight is 516 g/mol. The van der Waals surface area contributed by atoms with Gasteiger partial charge in [0.2, 0.25) is 5.91 Å². The Balaban J connectivity index is 0.000000321. The van der Waals surface area contributed by atoms with Crippen molar-refractivity contribution >= 4 is 39.1 Å². The zero-order chi connectivity index (χ0) is 24.5. The van der Waals surface area contributed by atoms with Gasteiger partial charge in [-0.05, 0) is 62.9 Å². The van der Waals surface area contributed by atoms with Gasteiger partial charge in [-0.2, -0.15) is 0 Å². The van der Waals surface area contributed by atoms with Gasteiger partial charge in [0.1, 0.15) is 11.5 Å². The molecule has 0 fully saturated rings. The van der Waals surface area contributed by atoms with Gasteiger partial charge in [-0.3, -0.25) is 9.59 Å². The molecule has 2 aromatic carbocycles. The number of methoxy groups -OCH3 is 1. The molecule has 5 nitrogen and oxygen atoms in total. The van der Waals surface area contributed by atoms with Crippen LogP contribution in [0.25, 0.3) is 0 Å². The highest BCUT2D eigenvalue weighted by Crippen LogP contribution is 2.45. The van der Waals surface area contributed by atoms with Gasteiger partial charge in [0.25, 0.3) is 0 Å². The largest absolute Gasteiger partial charge is 0.497 e. The molecule has 0 aliphatic carbocycles. The van der Waals surface area contributed by atoms with Crippen LogP contribution >= 0.6 is 15.9 Å². The highest BCUT2D eigenvalue weighted by molar-refractivity contribution is 9.10. The van der Waals surface area contributed by atoms with Crippen LogP contribution in [0.15, 0.2) is 46.9 Å². The van der Waals surface area contributed by atoms with E-state index in [1.54, 1.807) is 12.0 Å². The fourth-order valence-electron chi connectivity index (χ4n) is 4.08. The lowest BCUT2D eigenvalue weighted by Crippen LogP contribution is -2.43. The summed E-state index contributed by atoms with van der Waals surface area (Å²) in [6.07, 6.45) is 3.41. The van der Waals surface area contributed by atoms with Crippen LogP contribution in [0, 0.1) is 0 Å². The standard InChI is InChI=1S/C18H22BrNO3.C9H12O/c1-4-6-13-17-14(19)7-5-8-16(17)20(18(13)23)15(12(3)22)10-9-11(2)21;1-3-8-4-6-9(10-2)7-5-8/h5,7-8,13,15H,4,6,9-10H2,1-3H3;4-7H,3H2,1-2H3. The number of rotatable bonds is 9. The number of carbonyl (C=O) groups excluding carboxylic acids is 3. The molecule has 0 spiro atoms. The van der Waals surface area contributed by atoms with E-state index in [0.29, 0.717) is 12.8 Å². The van der Waals surface area contributed by atoms with Crippen molar-refractivity contribution in [1.82, 2.24) is 0 Å². The second kappa shape index (κ2) is 12.7. The number of halogens is 1. The second-order valence-corrected chi connectivity index (χ2v) is 9.15. The first-order valence-corrected chi connectivity index (χ1v) is 12.3. The molecule has 2 aromatic rings. The molecule has 1 heterocycles. The molecule has 3 rings (SSSR count). The number of aryl methyl sites for hydroxylation is 1. The predicted octanol–water partition coefficient (Wildman–Crippen LogP) is 6.26. The Labute approximate surface area is 205 Å². The molecule has 1 aliphatic rings. The minimum Gasteiger partial charge on any atom is -0.497 e. The van der Waals surface area contributed by atoms with Gasteiger partial charge < -0.3 is 14.4 Å². The van der Waals surface area contributed by atoms with E-state index in [1.807, 2.05) is 37.3 Å². The summed E-state index contributed by atoms with van der Waals surface area (Å²) in [6, 6.07) is 13.3. The maximum absolute atomic E-state index is 13.0. The molecular formula is C27H34BrNO4. The van der Waals surface area contributed by atoms with Gasteiger partial charge in [-0.1, -0.05) is 54.4 Å². The number of ether oxygens (including phenoxy) is 1. The maximum atomic E-state index is 13.0. The van der Waals surface area contributed by atoms with E-state index < -0.39 is 6.04 Å². The summed E-state index contributed by atoms with van der Waals surface area (Å²) >= 11 is 3.54. The van der Waals surface area contributed by atoms with Crippen molar-refractivity contribution in [1.29, 1.82) is 0 Å². The molecule has 0 radical (unpaired) electrons. The molecule has 0 saturated heterocycles. The van der Waals surface area contributed by atoms with Gasteiger partial charge in [-0.15, -0.1) is 0 Å². The van der Waals surface area contributed by atoms with Gasteiger partial charge in [0.05, 0.1) is 19.1 Å². The van der Waals surface area contributed by atoms with Crippen LogP contribution in [0.3, 0.4) is 0 Å². The molecule has 178 valence electrons. The van der Waals surface area contributed by atoms with Crippen LogP contribution in [0.5, 0.6) is 5.75 Å². The Bertz CT molecular complexity index is 948. The predicted molar refractivity (Wildman–Crippen MR) is 136 cm³/mol. The number of Topliss-reactive ketones (excluding diaryl/α,β-unsaturated/α-hetero) is 2. The topological polar surface area (TPSA) is 63.7 Å². The number of ketones is 2. The lowest BCUT2D eigenvalue weighted by molar-refractivity contribution is -0.125. The van der Waals surface area contributed by atoms with E-state index in [9.17, 15) is 14.4 Å². The summed E-state index contributed by atoms with van der Waals surface area (Å²) in [5, 5.41) is 0. The highest BCUT2D eigenvalue weighted by Gasteiger charge is 2.42. The van der Waals surface area contributed by atoms with Crippen molar-refractivity contribution in [2.45, 2.75) is 71.8 Å². The Morgan fingerprint density at radius 1 is 1.09 bits per heavy atom. The molecule has 0 bridgehead atoms. The molecule has 0 aromatic heterocycles. The summed E-state index contributed by atoms with van der Waals surface area (Å²) in [6.45, 7) is 7.18. The number of hydrogen-bond donors (Lipinski definition) is 0. The average Bonchev–Trinajstić information content (AvgIpc) is 3.07. The van der Waals surface area contributed by atoms with Crippen molar-refractivity contribution < 1.29 is 19.1 Å². The first kappa shape index (κ1) is 26.8. The molecule has 1 aliphatic heterocycles. The Kier molecular flexibility index (Phi) is 10.3. The monoisotopic (exact) mass is 515 g/mol. The van der Waals surface area contributed by atoms with Crippen molar-refractivity contribution in [3.05, 3.63) is 58.1 Å². The number of amides is 1. The van der Waals surface area contributed by atoms with E-state index in [-0.39, 0.29) is 23.4 Å². The number of carbonyl (C=O) groups is 3. The third-order valence-corrected chi connectivity index (χ3v) is 6.56. The lowest BCUT2D eigenvalue weighted by atomic mass is 9.96. The summed E-state index contributed by atoms with van der Waals surface area (Å²) < 4.78 is 5.91. The number of fused-ring (bicyclic) bond motifs is 1. The minimum absolute atomic E-state index is 0.0301. The van der Waals surface area contributed by atoms with Gasteiger partial charge in [0, 0.05) is 22.1 Å². The van der Waals surface area contributed by atoms with Crippen molar-refractivity contribution in [2.24, 2.45) is 0 Å². The number of benzene rings is 2. The number of nitrogens with zero attached hydrogens (tertiary/aromatic N) is 1. The van der Waals surface area contributed by atoms with E-state index >= 15 is 0 Å². The smallest absolute Gasteiger partial charge is 0.235 e. The first-order valence-electron chi connectivity index (χ1n) is 11.5. The van der Waals surface area contributed by atoms with Crippen molar-refractivity contribution in [3.63, 3.8) is 0 Å². The number of anilines is 1. The van der Waals surface area contributed by atoms with Crippen LogP contribution < -0.4 is 9.64 Å². The normalized spacial score (nSPS) is 15.4. The van der Waals surface area contributed by atoms with E-state index in [2.05, 4.69) is 35.0 Å². The maximum Gasteiger partial charge on any atom is 0.235 e. The SMILES string of the molecule is CCCC1C(=O)N(C(CCC(C)=O)C(C)=O)c2cccc(Br)c21.CCc1ccc(OC)cc1. The summed E-state index contributed by atoms with van der Waals surface area (Å²) in [5.41, 5.74) is 3.11. The van der Waals surface area contributed by atoms with Gasteiger partial charge in [0.15, 0.2) is 5.78 Å². The zero-order valence-electron chi connectivity index (χ0n) is 20.2. The minimum atomic E-state index is -0.568. The van der Waals surface area contributed by atoms with Gasteiger partial charge >= 0.3 is 0 Å². The molecule has 33 heavy (non-hydrogen) atoms. The van der Waals surface area contributed by atoms with Crippen LogP contribution in [0.2, 0.25) is 0 Å². The lowest BCUT2D eigenvalue weighted by Gasteiger charge is -2.27. The third-order valence-electron chi connectivity index (χ3n) is 5.87. The Morgan fingerprint density at radius 2 is 1.76 bits per heavy atom. The quantitative estimate of drug-likeness (QED) is 0.395. The van der Waals surface area contributed by atoms with E-state index in [1.165, 1.54) is 19.4 Å². The van der Waals surface area contributed by atoms with Crippen LogP contribution in [-0.2, 0) is 20.8 Å². The van der Waals surface area contributed by atoms with Gasteiger partial charge in [-0.25, -0.2) is 0 Å².